The molecule has 206 valence electrons. The molecule has 10 heteroatoms. The van der Waals surface area contributed by atoms with Gasteiger partial charge in [-0.15, -0.1) is 0 Å². The number of ether oxygens (including phenoxy) is 1. The van der Waals surface area contributed by atoms with Crippen LogP contribution < -0.4 is 25.7 Å². The Morgan fingerprint density at radius 1 is 0.900 bits per heavy atom. The summed E-state index contributed by atoms with van der Waals surface area (Å²) in [6.07, 6.45) is 3.98. The smallest absolute Gasteiger partial charge is 0.259 e. The first-order chi connectivity index (χ1) is 19.3. The summed E-state index contributed by atoms with van der Waals surface area (Å²) in [6.45, 7) is 3.77. The Labute approximate surface area is 240 Å². The molecule has 3 aromatic carbocycles. The first kappa shape index (κ1) is 28.0. The Kier molecular flexibility index (Phi) is 8.62. The van der Waals surface area contributed by atoms with Gasteiger partial charge in [0.1, 0.15) is 25.5 Å². The summed E-state index contributed by atoms with van der Waals surface area (Å²) in [5.41, 5.74) is 2.22. The molecule has 0 spiro atoms. The quantitative estimate of drug-likeness (QED) is 0.404. The molecule has 2 saturated heterocycles. The minimum atomic E-state index is -0.631. The van der Waals surface area contributed by atoms with E-state index >= 15 is 0 Å². The third-order valence-electron chi connectivity index (χ3n) is 7.36. The highest BCUT2D eigenvalue weighted by Crippen LogP contribution is 2.31. The van der Waals surface area contributed by atoms with E-state index in [9.17, 15) is 14.0 Å². The summed E-state index contributed by atoms with van der Waals surface area (Å²) in [6, 6.07) is 13.9. The van der Waals surface area contributed by atoms with Crippen LogP contribution in [0.1, 0.15) is 46.4 Å². The van der Waals surface area contributed by atoms with Crippen molar-refractivity contribution in [2.24, 2.45) is 0 Å². The van der Waals surface area contributed by atoms with Crippen molar-refractivity contribution in [2.45, 2.75) is 31.8 Å². The number of rotatable bonds is 7. The molecule has 2 aliphatic heterocycles. The van der Waals surface area contributed by atoms with Crippen LogP contribution in [-0.4, -0.2) is 63.9 Å². The Hall–Kier alpha value is -3.56. The molecule has 2 fully saturated rings. The molecule has 0 bridgehead atoms. The van der Waals surface area contributed by atoms with Crippen LogP contribution in [0.3, 0.4) is 0 Å². The van der Waals surface area contributed by atoms with Crippen LogP contribution in [0, 0.1) is 5.82 Å². The normalized spacial score (nSPS) is 16.1. The molecule has 40 heavy (non-hydrogen) atoms. The van der Waals surface area contributed by atoms with Crippen molar-refractivity contribution < 1.29 is 18.7 Å². The van der Waals surface area contributed by atoms with Crippen LogP contribution in [0.2, 0.25) is 5.02 Å². The summed E-state index contributed by atoms with van der Waals surface area (Å²) >= 11 is 6.20. The highest BCUT2D eigenvalue weighted by atomic mass is 35.5. The molecule has 0 unspecified atom stereocenters. The van der Waals surface area contributed by atoms with Gasteiger partial charge in [-0.1, -0.05) is 23.1 Å². The van der Waals surface area contributed by atoms with Crippen LogP contribution in [0.5, 0.6) is 5.75 Å². The van der Waals surface area contributed by atoms with Gasteiger partial charge in [0.25, 0.3) is 11.8 Å². The maximum atomic E-state index is 14.2. The van der Waals surface area contributed by atoms with Crippen LogP contribution in [-0.2, 0) is 0 Å². The van der Waals surface area contributed by atoms with Gasteiger partial charge in [0, 0.05) is 37.9 Å². The minimum absolute atomic E-state index is 0.00612. The summed E-state index contributed by atoms with van der Waals surface area (Å²) in [5, 5.41) is 5.70. The van der Waals surface area contributed by atoms with E-state index in [0.717, 1.165) is 63.6 Å². The van der Waals surface area contributed by atoms with Crippen molar-refractivity contribution in [1.29, 1.82) is 0 Å². The Morgan fingerprint density at radius 3 is 2.30 bits per heavy atom. The van der Waals surface area contributed by atoms with Gasteiger partial charge in [-0.25, -0.2) is 4.39 Å². The Bertz CT molecular complexity index is 1410. The summed E-state index contributed by atoms with van der Waals surface area (Å²) < 4.78 is 20.6. The van der Waals surface area contributed by atoms with Gasteiger partial charge < -0.3 is 25.2 Å². The topological polar surface area (TPSA) is 73.9 Å². The number of anilines is 3. The van der Waals surface area contributed by atoms with E-state index in [0.29, 0.717) is 22.5 Å². The standard InChI is InChI=1S/C30H31BClFN4O3/c1-36-14-10-22(11-15-36)40-28-18-21(37-12-2-3-13-37)6-7-23(28)29(38)34-26-9-5-20(33)17-24(26)30(39)35-27-8-4-19(31)16-25(27)32/h4-9,16-18,22H,2-3,10-15H2,1H3,(H,34,38)(H,35,39). The van der Waals surface area contributed by atoms with E-state index in [-0.39, 0.29) is 22.4 Å². The molecule has 2 amide bonds. The van der Waals surface area contributed by atoms with Crippen molar-refractivity contribution in [3.8, 4) is 5.75 Å². The number of piperidine rings is 1. The number of amides is 2. The van der Waals surface area contributed by atoms with Gasteiger partial charge in [-0.3, -0.25) is 9.59 Å². The van der Waals surface area contributed by atoms with E-state index in [1.165, 1.54) is 18.2 Å². The van der Waals surface area contributed by atoms with Crippen molar-refractivity contribution in [1.82, 2.24) is 4.90 Å². The second-order valence-electron chi connectivity index (χ2n) is 10.3. The van der Waals surface area contributed by atoms with Gasteiger partial charge in [0.15, 0.2) is 0 Å². The van der Waals surface area contributed by atoms with Crippen molar-refractivity contribution in [3.05, 3.63) is 76.6 Å². The lowest BCUT2D eigenvalue weighted by atomic mass is 9.96. The van der Waals surface area contributed by atoms with E-state index in [4.69, 9.17) is 24.2 Å². The number of carbonyl (C=O) groups is 2. The molecular formula is C30H31BClFN4O3. The molecule has 0 atom stereocenters. The monoisotopic (exact) mass is 560 g/mol. The molecule has 3 aromatic rings. The number of halogens is 2. The van der Waals surface area contributed by atoms with E-state index in [1.54, 1.807) is 18.2 Å². The lowest BCUT2D eigenvalue weighted by Gasteiger charge is -2.30. The predicted molar refractivity (Wildman–Crippen MR) is 158 cm³/mol. The highest BCUT2D eigenvalue weighted by molar-refractivity contribution is 6.38. The number of carbonyl (C=O) groups excluding carboxylic acids is 2. The molecule has 5 rings (SSSR count). The second kappa shape index (κ2) is 12.3. The molecule has 2 aliphatic rings. The maximum absolute atomic E-state index is 14.2. The second-order valence-corrected chi connectivity index (χ2v) is 10.7. The zero-order chi connectivity index (χ0) is 28.2. The van der Waals surface area contributed by atoms with Crippen molar-refractivity contribution in [3.63, 3.8) is 0 Å². The SMILES string of the molecule is [B]c1ccc(NC(=O)c2cc(F)ccc2NC(=O)c2ccc(N3CCCC3)cc2OC2CCN(C)CC2)c(Cl)c1. The van der Waals surface area contributed by atoms with Crippen molar-refractivity contribution >= 4 is 53.8 Å². The Balaban J connectivity index is 1.40. The molecule has 0 saturated carbocycles. The first-order valence-electron chi connectivity index (χ1n) is 13.5. The average molecular weight is 561 g/mol. The average Bonchev–Trinajstić information content (AvgIpc) is 3.48. The van der Waals surface area contributed by atoms with Gasteiger partial charge in [-0.05, 0) is 75.2 Å². The zero-order valence-electron chi connectivity index (χ0n) is 22.4. The van der Waals surface area contributed by atoms with Gasteiger partial charge in [0.2, 0.25) is 0 Å². The molecular weight excluding hydrogens is 530 g/mol. The molecule has 0 aromatic heterocycles. The van der Waals surface area contributed by atoms with Gasteiger partial charge >= 0.3 is 0 Å². The number of likely N-dealkylation sites (tertiary alicyclic amines) is 1. The van der Waals surface area contributed by atoms with Crippen LogP contribution in [0.4, 0.5) is 21.5 Å². The summed E-state index contributed by atoms with van der Waals surface area (Å²) in [4.78, 5) is 31.3. The highest BCUT2D eigenvalue weighted by Gasteiger charge is 2.24. The molecule has 7 nitrogen and oxygen atoms in total. The zero-order valence-corrected chi connectivity index (χ0v) is 23.1. The number of benzene rings is 3. The fraction of sp³-hybridized carbons (Fsp3) is 0.333. The fourth-order valence-electron chi connectivity index (χ4n) is 5.08. The minimum Gasteiger partial charge on any atom is -0.489 e. The third kappa shape index (κ3) is 6.59. The van der Waals surface area contributed by atoms with E-state index < -0.39 is 17.6 Å². The van der Waals surface area contributed by atoms with Gasteiger partial charge in [0.05, 0.1) is 27.5 Å². The lowest BCUT2D eigenvalue weighted by molar-refractivity contribution is 0.0989. The Morgan fingerprint density at radius 2 is 1.57 bits per heavy atom. The molecule has 0 aliphatic carbocycles. The van der Waals surface area contributed by atoms with Crippen molar-refractivity contribution in [2.75, 3.05) is 48.8 Å². The van der Waals surface area contributed by atoms with Crippen LogP contribution in [0.25, 0.3) is 0 Å². The number of nitrogens with zero attached hydrogens (tertiary/aromatic N) is 2. The molecule has 2 heterocycles. The lowest BCUT2D eigenvalue weighted by Crippen LogP contribution is -2.36. The van der Waals surface area contributed by atoms with Crippen LogP contribution >= 0.6 is 11.6 Å². The van der Waals surface area contributed by atoms with Crippen LogP contribution in [0.15, 0.2) is 54.6 Å². The van der Waals surface area contributed by atoms with Gasteiger partial charge in [-0.2, -0.15) is 0 Å². The maximum Gasteiger partial charge on any atom is 0.259 e. The first-order valence-corrected chi connectivity index (χ1v) is 13.9. The molecule has 2 radical (unpaired) electrons. The summed E-state index contributed by atoms with van der Waals surface area (Å²) in [5.74, 6) is -1.21. The number of hydrogen-bond acceptors (Lipinski definition) is 5. The largest absolute Gasteiger partial charge is 0.489 e. The predicted octanol–water partition coefficient (Wildman–Crippen LogP) is 4.85. The summed E-state index contributed by atoms with van der Waals surface area (Å²) in [7, 11) is 7.82. The number of hydrogen-bond donors (Lipinski definition) is 2. The number of nitrogens with one attached hydrogen (secondary N) is 2. The fourth-order valence-corrected chi connectivity index (χ4v) is 5.31. The molecule has 2 N–H and O–H groups in total. The van der Waals surface area contributed by atoms with E-state index in [2.05, 4.69) is 27.5 Å². The third-order valence-corrected chi connectivity index (χ3v) is 7.67. The van der Waals surface area contributed by atoms with E-state index in [1.807, 2.05) is 12.1 Å².